The molecule has 0 saturated carbocycles. The maximum atomic E-state index is 15.7. The average molecular weight is 744 g/mol. The molecule has 2 N–H and O–H groups in total. The Bertz CT molecular complexity index is 2070. The summed E-state index contributed by atoms with van der Waals surface area (Å²) in [6, 6.07) is 4.48. The van der Waals surface area contributed by atoms with Gasteiger partial charge < -0.3 is 20.3 Å². The quantitative estimate of drug-likeness (QED) is 0.158. The maximum absolute atomic E-state index is 15.7. The topological polar surface area (TPSA) is 143 Å². The number of nitrogens with two attached hydrogens (primary N) is 1. The number of pyridine rings is 2. The van der Waals surface area contributed by atoms with Crippen molar-refractivity contribution in [1.29, 1.82) is 5.26 Å². The molecular formula is C35H38Cl3FN8O3. The van der Waals surface area contributed by atoms with Gasteiger partial charge in [0.2, 0.25) is 0 Å². The van der Waals surface area contributed by atoms with Crippen molar-refractivity contribution in [3.05, 3.63) is 66.7 Å². The highest BCUT2D eigenvalue weighted by atomic mass is 35.5. The molecule has 0 aliphatic carbocycles. The normalized spacial score (nSPS) is 15.3. The van der Waals surface area contributed by atoms with E-state index in [2.05, 4.69) is 16.0 Å². The zero-order chi connectivity index (χ0) is 37.0. The monoisotopic (exact) mass is 742 g/mol. The fraction of sp³-hybridized carbons (Fsp3) is 0.429. The molecule has 0 spiro atoms. The highest BCUT2D eigenvalue weighted by molar-refractivity contribution is 6.38. The van der Waals surface area contributed by atoms with E-state index in [4.69, 9.17) is 50.3 Å². The first-order valence-electron chi connectivity index (χ1n) is 16.1. The summed E-state index contributed by atoms with van der Waals surface area (Å²) in [7, 11) is 0. The van der Waals surface area contributed by atoms with Crippen molar-refractivity contribution in [3.8, 4) is 23.0 Å². The molecule has 1 atom stereocenters. The molecule has 0 unspecified atom stereocenters. The number of amides is 1. The average Bonchev–Trinajstić information content (AvgIpc) is 3.02. The Morgan fingerprint density at radius 1 is 1.04 bits per heavy atom. The molecule has 1 aromatic carbocycles. The minimum atomic E-state index is -0.897. The van der Waals surface area contributed by atoms with Gasteiger partial charge in [-0.1, -0.05) is 62.5 Å². The van der Waals surface area contributed by atoms with Crippen LogP contribution in [0.3, 0.4) is 0 Å². The van der Waals surface area contributed by atoms with Gasteiger partial charge in [-0.05, 0) is 51.7 Å². The highest BCUT2D eigenvalue weighted by Crippen LogP contribution is 2.43. The molecule has 4 heterocycles. The fourth-order valence-corrected chi connectivity index (χ4v) is 6.86. The molecule has 4 aromatic rings. The number of rotatable bonds is 5. The van der Waals surface area contributed by atoms with Crippen molar-refractivity contribution in [2.45, 2.75) is 78.9 Å². The SMILES string of the molecule is CC(C)c1ncnc(C(C)C)c1-n1c(=O)c(C#N)c(N2CCN(C(=O)OC(C)(C)C)[C@H](C)C2)c2cc(Cl)c(-c3c(N)c(Cl)cc(Cl)c3F)nc21. The Hall–Kier alpha value is -4.18. The van der Waals surface area contributed by atoms with E-state index in [9.17, 15) is 14.9 Å². The number of hydrogen-bond acceptors (Lipinski definition) is 9. The Morgan fingerprint density at radius 3 is 2.20 bits per heavy atom. The van der Waals surface area contributed by atoms with Crippen LogP contribution in [0.4, 0.5) is 20.6 Å². The number of benzene rings is 1. The van der Waals surface area contributed by atoms with Crippen molar-refractivity contribution < 1.29 is 13.9 Å². The minimum Gasteiger partial charge on any atom is -0.444 e. The van der Waals surface area contributed by atoms with Crippen molar-refractivity contribution in [1.82, 2.24) is 24.4 Å². The molecule has 1 amide bonds. The van der Waals surface area contributed by atoms with Crippen molar-refractivity contribution in [2.24, 2.45) is 0 Å². The van der Waals surface area contributed by atoms with E-state index in [0.29, 0.717) is 22.5 Å². The van der Waals surface area contributed by atoms with Crippen LogP contribution < -0.4 is 16.2 Å². The van der Waals surface area contributed by atoms with E-state index in [0.717, 1.165) is 0 Å². The fourth-order valence-electron chi connectivity index (χ4n) is 6.15. The first kappa shape index (κ1) is 37.1. The van der Waals surface area contributed by atoms with Crippen LogP contribution in [0.2, 0.25) is 15.1 Å². The van der Waals surface area contributed by atoms with Gasteiger partial charge in [0.05, 0.1) is 54.8 Å². The predicted molar refractivity (Wildman–Crippen MR) is 195 cm³/mol. The Kier molecular flexibility index (Phi) is 10.3. The molecule has 3 aromatic heterocycles. The van der Waals surface area contributed by atoms with Gasteiger partial charge in [-0.25, -0.2) is 24.1 Å². The molecule has 1 fully saturated rings. The third-order valence-corrected chi connectivity index (χ3v) is 9.28. The lowest BCUT2D eigenvalue weighted by atomic mass is 10.00. The third kappa shape index (κ3) is 6.66. The number of fused-ring (bicyclic) bond motifs is 1. The molecule has 50 heavy (non-hydrogen) atoms. The molecular weight excluding hydrogens is 706 g/mol. The van der Waals surface area contributed by atoms with Crippen LogP contribution in [-0.2, 0) is 4.74 Å². The molecule has 1 saturated heterocycles. The van der Waals surface area contributed by atoms with Gasteiger partial charge in [-0.15, -0.1) is 0 Å². The van der Waals surface area contributed by atoms with E-state index in [-0.39, 0.29) is 86.4 Å². The lowest BCUT2D eigenvalue weighted by Gasteiger charge is -2.41. The molecule has 1 aliphatic heterocycles. The number of aromatic nitrogens is 4. The first-order chi connectivity index (χ1) is 23.4. The first-order valence-corrected chi connectivity index (χ1v) is 17.2. The summed E-state index contributed by atoms with van der Waals surface area (Å²) in [5.74, 6) is -1.25. The third-order valence-electron chi connectivity index (χ3n) is 8.40. The van der Waals surface area contributed by atoms with E-state index in [1.165, 1.54) is 23.0 Å². The lowest BCUT2D eigenvalue weighted by Crippen LogP contribution is -2.55. The number of hydrogen-bond donors (Lipinski definition) is 1. The number of nitrogen functional groups attached to an aromatic ring is 1. The van der Waals surface area contributed by atoms with Crippen LogP contribution in [0, 0.1) is 17.1 Å². The van der Waals surface area contributed by atoms with Crippen LogP contribution in [0.15, 0.2) is 23.3 Å². The standard InChI is InChI=1S/C35H38Cl3FN8O3/c1-16(2)27-31(28(17(3)4)43-15-42-27)47-32-19(11-23(38)29(44-32)24-25(39)21(36)12-22(37)26(24)41)30(20(13-40)33(47)48)45-9-10-46(18(5)14-45)34(49)50-35(6,7)8/h11-12,15-18H,9-10,14,41H2,1-8H3/t18-/m1/s1. The zero-order valence-corrected chi connectivity index (χ0v) is 31.3. The van der Waals surface area contributed by atoms with Gasteiger partial charge in [-0.2, -0.15) is 5.26 Å². The summed E-state index contributed by atoms with van der Waals surface area (Å²) >= 11 is 19.4. The molecule has 0 bridgehead atoms. The van der Waals surface area contributed by atoms with E-state index in [1.807, 2.05) is 39.5 Å². The van der Waals surface area contributed by atoms with Crippen LogP contribution in [0.5, 0.6) is 0 Å². The number of nitrogens with zero attached hydrogens (tertiary/aromatic N) is 7. The van der Waals surface area contributed by atoms with Gasteiger partial charge in [0.25, 0.3) is 5.56 Å². The van der Waals surface area contributed by atoms with Gasteiger partial charge in [0.1, 0.15) is 29.2 Å². The Morgan fingerprint density at radius 2 is 1.66 bits per heavy atom. The number of piperazine rings is 1. The number of ether oxygens (including phenoxy) is 1. The van der Waals surface area contributed by atoms with Gasteiger partial charge in [0.15, 0.2) is 5.82 Å². The number of anilines is 2. The summed E-state index contributed by atoms with van der Waals surface area (Å²) in [5.41, 5.74) is 5.99. The molecule has 11 nitrogen and oxygen atoms in total. The minimum absolute atomic E-state index is 0.0141. The van der Waals surface area contributed by atoms with Crippen molar-refractivity contribution in [2.75, 3.05) is 30.3 Å². The smallest absolute Gasteiger partial charge is 0.410 e. The van der Waals surface area contributed by atoms with Crippen LogP contribution in [0.25, 0.3) is 28.0 Å². The van der Waals surface area contributed by atoms with Crippen LogP contribution in [0.1, 0.15) is 84.2 Å². The molecule has 264 valence electrons. The second kappa shape index (κ2) is 13.9. The number of halogens is 4. The summed E-state index contributed by atoms with van der Waals surface area (Å²) in [6.45, 7) is 15.7. The molecule has 5 rings (SSSR count). The second-order valence-electron chi connectivity index (χ2n) is 13.9. The summed E-state index contributed by atoms with van der Waals surface area (Å²) in [5, 5.41) is 10.6. The summed E-state index contributed by atoms with van der Waals surface area (Å²) in [4.78, 5) is 45.2. The summed E-state index contributed by atoms with van der Waals surface area (Å²) in [6.07, 6.45) is 0.970. The van der Waals surface area contributed by atoms with E-state index >= 15 is 4.39 Å². The van der Waals surface area contributed by atoms with Crippen LogP contribution >= 0.6 is 34.8 Å². The molecule has 15 heteroatoms. The number of carbonyl (C=O) groups is 1. The van der Waals surface area contributed by atoms with Gasteiger partial charge >= 0.3 is 6.09 Å². The molecule has 1 aliphatic rings. The van der Waals surface area contributed by atoms with Gasteiger partial charge in [0, 0.05) is 31.1 Å². The highest BCUT2D eigenvalue weighted by Gasteiger charge is 2.35. The largest absolute Gasteiger partial charge is 0.444 e. The van der Waals surface area contributed by atoms with Crippen LogP contribution in [-0.4, -0.2) is 61.8 Å². The Labute approximate surface area is 304 Å². The van der Waals surface area contributed by atoms with Gasteiger partial charge in [-0.3, -0.25) is 9.36 Å². The van der Waals surface area contributed by atoms with Crippen molar-refractivity contribution in [3.63, 3.8) is 0 Å². The second-order valence-corrected chi connectivity index (χ2v) is 15.1. The summed E-state index contributed by atoms with van der Waals surface area (Å²) < 4.78 is 22.7. The maximum Gasteiger partial charge on any atom is 0.410 e. The number of carbonyl (C=O) groups excluding carboxylic acids is 1. The van der Waals surface area contributed by atoms with E-state index < -0.39 is 23.1 Å². The lowest BCUT2D eigenvalue weighted by molar-refractivity contribution is 0.0159. The van der Waals surface area contributed by atoms with E-state index in [1.54, 1.807) is 25.7 Å². The zero-order valence-electron chi connectivity index (χ0n) is 29.0. The molecule has 0 radical (unpaired) electrons. The number of nitriles is 1. The predicted octanol–water partition coefficient (Wildman–Crippen LogP) is 8.09. The van der Waals surface area contributed by atoms with Crippen molar-refractivity contribution >= 4 is 63.3 Å². The Balaban J connectivity index is 1.88.